The van der Waals surface area contributed by atoms with Crippen LogP contribution < -0.4 is 20.1 Å². The molecule has 27 heavy (non-hydrogen) atoms. The largest absolute Gasteiger partial charge is 0.495 e. The highest BCUT2D eigenvalue weighted by Gasteiger charge is 2.14. The maximum atomic E-state index is 12.0. The van der Waals surface area contributed by atoms with Crippen molar-refractivity contribution in [3.63, 3.8) is 0 Å². The van der Waals surface area contributed by atoms with Crippen molar-refractivity contribution >= 4 is 66.5 Å². The minimum absolute atomic E-state index is 0.0442. The summed E-state index contributed by atoms with van der Waals surface area (Å²) in [6, 6.07) is 9.25. The van der Waals surface area contributed by atoms with Crippen molar-refractivity contribution in [1.29, 1.82) is 0 Å². The molecule has 0 aliphatic rings. The number of hydrogen-bond acceptors (Lipinski definition) is 6. The molecule has 0 spiro atoms. The van der Waals surface area contributed by atoms with Gasteiger partial charge in [0.25, 0.3) is 11.6 Å². The van der Waals surface area contributed by atoms with Crippen molar-refractivity contribution < 1.29 is 19.2 Å². The van der Waals surface area contributed by atoms with Crippen molar-refractivity contribution in [2.75, 3.05) is 19.0 Å². The molecule has 1 amide bonds. The number of halogens is 2. The summed E-state index contributed by atoms with van der Waals surface area (Å²) in [6.45, 7) is -0.270. The minimum Gasteiger partial charge on any atom is -0.495 e. The van der Waals surface area contributed by atoms with Crippen LogP contribution in [0.1, 0.15) is 0 Å². The van der Waals surface area contributed by atoms with Gasteiger partial charge in [0.1, 0.15) is 11.5 Å². The van der Waals surface area contributed by atoms with Crippen LogP contribution in [0.5, 0.6) is 11.5 Å². The quantitative estimate of drug-likeness (QED) is 0.338. The fraction of sp³-hybridized carbons (Fsp3) is 0.125. The zero-order valence-electron chi connectivity index (χ0n) is 13.8. The zero-order chi connectivity index (χ0) is 20.0. The first-order valence-corrected chi connectivity index (χ1v) is 9.30. The van der Waals surface area contributed by atoms with Crippen molar-refractivity contribution in [3.8, 4) is 11.5 Å². The number of ether oxygens (including phenoxy) is 2. The van der Waals surface area contributed by atoms with E-state index in [1.54, 1.807) is 18.2 Å². The molecule has 0 heterocycles. The molecule has 0 saturated heterocycles. The summed E-state index contributed by atoms with van der Waals surface area (Å²) in [4.78, 5) is 22.3. The topological polar surface area (TPSA) is 103 Å². The van der Waals surface area contributed by atoms with E-state index in [2.05, 4.69) is 42.5 Å². The average Bonchev–Trinajstić information content (AvgIpc) is 2.60. The summed E-state index contributed by atoms with van der Waals surface area (Å²) >= 11 is 11.7. The molecule has 0 atom stereocenters. The molecule has 11 heteroatoms. The number of nitrogens with zero attached hydrogens (tertiary/aromatic N) is 1. The van der Waals surface area contributed by atoms with Gasteiger partial charge in [-0.05, 0) is 52.4 Å². The number of hydrogen-bond donors (Lipinski definition) is 2. The molecule has 0 unspecified atom stereocenters. The first kappa shape index (κ1) is 21.1. The van der Waals surface area contributed by atoms with E-state index in [1.807, 2.05) is 0 Å². The smallest absolute Gasteiger partial charge is 0.271 e. The van der Waals surface area contributed by atoms with Crippen molar-refractivity contribution in [2.45, 2.75) is 0 Å². The van der Waals surface area contributed by atoms with Gasteiger partial charge >= 0.3 is 0 Å². The number of non-ortho nitro benzene ring substituents is 1. The molecule has 0 radical (unpaired) electrons. The maximum absolute atomic E-state index is 12.0. The van der Waals surface area contributed by atoms with Crippen LogP contribution in [-0.4, -0.2) is 29.7 Å². The van der Waals surface area contributed by atoms with Crippen molar-refractivity contribution in [3.05, 3.63) is 55.5 Å². The van der Waals surface area contributed by atoms with Crippen LogP contribution >= 0.6 is 44.1 Å². The van der Waals surface area contributed by atoms with Gasteiger partial charge in [0.2, 0.25) is 0 Å². The van der Waals surface area contributed by atoms with Gasteiger partial charge in [-0.15, -0.1) is 0 Å². The van der Waals surface area contributed by atoms with E-state index < -0.39 is 10.8 Å². The molecule has 142 valence electrons. The normalized spacial score (nSPS) is 10.0. The number of nitro benzene ring substituents is 1. The van der Waals surface area contributed by atoms with Gasteiger partial charge in [-0.2, -0.15) is 0 Å². The van der Waals surface area contributed by atoms with E-state index in [9.17, 15) is 14.9 Å². The van der Waals surface area contributed by atoms with Gasteiger partial charge in [0.15, 0.2) is 11.7 Å². The molecule has 2 aromatic carbocycles. The summed E-state index contributed by atoms with van der Waals surface area (Å²) in [7, 11) is 1.41. The monoisotopic (exact) mass is 517 g/mol. The summed E-state index contributed by atoms with van der Waals surface area (Å²) < 4.78 is 12.1. The van der Waals surface area contributed by atoms with E-state index in [0.717, 1.165) is 4.47 Å². The van der Waals surface area contributed by atoms with Crippen molar-refractivity contribution in [2.24, 2.45) is 0 Å². The van der Waals surface area contributed by atoms with E-state index in [-0.39, 0.29) is 23.1 Å². The Morgan fingerprint density at radius 1 is 1.22 bits per heavy atom. The highest BCUT2D eigenvalue weighted by Crippen LogP contribution is 2.29. The number of methoxy groups -OCH3 is 1. The van der Waals surface area contributed by atoms with Gasteiger partial charge in [-0.1, -0.05) is 15.9 Å². The first-order chi connectivity index (χ1) is 12.8. The number of benzene rings is 2. The predicted octanol–water partition coefficient (Wildman–Crippen LogP) is 4.02. The highest BCUT2D eigenvalue weighted by atomic mass is 79.9. The van der Waals surface area contributed by atoms with E-state index in [1.165, 1.54) is 25.3 Å². The lowest BCUT2D eigenvalue weighted by Gasteiger charge is -2.13. The van der Waals surface area contributed by atoms with Gasteiger partial charge in [0, 0.05) is 16.6 Å². The molecule has 0 fully saturated rings. The van der Waals surface area contributed by atoms with Crippen LogP contribution in [-0.2, 0) is 4.79 Å². The Balaban J connectivity index is 1.96. The molecule has 0 aliphatic carbocycles. The molecule has 2 N–H and O–H groups in total. The zero-order valence-corrected chi connectivity index (χ0v) is 17.8. The average molecular weight is 519 g/mol. The second kappa shape index (κ2) is 9.62. The van der Waals surface area contributed by atoms with E-state index >= 15 is 0 Å². The molecule has 0 saturated carbocycles. The van der Waals surface area contributed by atoms with E-state index in [4.69, 9.17) is 21.7 Å². The Morgan fingerprint density at radius 2 is 1.93 bits per heavy atom. The van der Waals surface area contributed by atoms with Crippen LogP contribution in [0.25, 0.3) is 0 Å². The fourth-order valence-corrected chi connectivity index (χ4v) is 3.34. The third kappa shape index (κ3) is 6.15. The lowest BCUT2D eigenvalue weighted by atomic mass is 10.2. The standard InChI is InChI=1S/C16H13Br2N3O5S/c1-25-14-5-3-10(21(23)24)7-12(14)19-16(27)20-15(22)8-26-13-4-2-9(17)6-11(13)18/h2-7H,8H2,1H3,(H2,19,20,22,27). The number of anilines is 1. The number of carbonyl (C=O) groups is 1. The maximum Gasteiger partial charge on any atom is 0.271 e. The van der Waals surface area contributed by atoms with Crippen LogP contribution in [0.4, 0.5) is 11.4 Å². The summed E-state index contributed by atoms with van der Waals surface area (Å²) in [5, 5.41) is 16.0. The number of nitrogens with one attached hydrogen (secondary N) is 2. The van der Waals surface area contributed by atoms with Gasteiger partial charge < -0.3 is 14.8 Å². The van der Waals surface area contributed by atoms with Crippen LogP contribution in [0.2, 0.25) is 0 Å². The highest BCUT2D eigenvalue weighted by molar-refractivity contribution is 9.11. The number of amides is 1. The molecule has 0 aliphatic heterocycles. The Hall–Kier alpha value is -2.24. The second-order valence-corrected chi connectivity index (χ2v) is 7.19. The van der Waals surface area contributed by atoms with Gasteiger partial charge in [-0.3, -0.25) is 20.2 Å². The number of nitro groups is 1. The molecular weight excluding hydrogens is 506 g/mol. The minimum atomic E-state index is -0.545. The summed E-state index contributed by atoms with van der Waals surface area (Å²) in [5.74, 6) is 0.339. The van der Waals surface area contributed by atoms with Gasteiger partial charge in [-0.25, -0.2) is 0 Å². The molecule has 2 aromatic rings. The van der Waals surface area contributed by atoms with Crippen molar-refractivity contribution in [1.82, 2.24) is 5.32 Å². The van der Waals surface area contributed by atoms with E-state index in [0.29, 0.717) is 16.0 Å². The molecule has 0 bridgehead atoms. The van der Waals surface area contributed by atoms with Crippen LogP contribution in [0.3, 0.4) is 0 Å². The summed E-state index contributed by atoms with van der Waals surface area (Å²) in [5.41, 5.74) is 0.115. The van der Waals surface area contributed by atoms with Crippen LogP contribution in [0, 0.1) is 10.1 Å². The summed E-state index contributed by atoms with van der Waals surface area (Å²) in [6.07, 6.45) is 0. The molecule has 8 nitrogen and oxygen atoms in total. The Labute approximate surface area is 176 Å². The predicted molar refractivity (Wildman–Crippen MR) is 111 cm³/mol. The number of thiocarbonyl (C=S) groups is 1. The SMILES string of the molecule is COc1ccc([N+](=O)[O-])cc1NC(=S)NC(=O)COc1ccc(Br)cc1Br. The molecule has 0 aromatic heterocycles. The van der Waals surface area contributed by atoms with Crippen LogP contribution in [0.15, 0.2) is 45.3 Å². The third-order valence-corrected chi connectivity index (χ3v) is 4.46. The number of carbonyl (C=O) groups excluding carboxylic acids is 1. The Morgan fingerprint density at radius 3 is 2.56 bits per heavy atom. The number of rotatable bonds is 6. The lowest BCUT2D eigenvalue weighted by Crippen LogP contribution is -2.37. The molecular formula is C16H13Br2N3O5S. The molecule has 2 rings (SSSR count). The fourth-order valence-electron chi connectivity index (χ4n) is 1.96. The lowest BCUT2D eigenvalue weighted by molar-refractivity contribution is -0.384. The first-order valence-electron chi connectivity index (χ1n) is 7.31. The Kier molecular flexibility index (Phi) is 7.51. The second-order valence-electron chi connectivity index (χ2n) is 5.01. The van der Waals surface area contributed by atoms with Gasteiger partial charge in [0.05, 0.1) is 22.2 Å². The Bertz CT molecular complexity index is 894. The third-order valence-electron chi connectivity index (χ3n) is 3.15.